The van der Waals surface area contributed by atoms with Crippen LogP contribution in [-0.4, -0.2) is 19.8 Å². The second-order valence-electron chi connectivity index (χ2n) is 3.92. The van der Waals surface area contributed by atoms with E-state index in [1.807, 2.05) is 11.3 Å². The average molecular weight is 242 g/mol. The fourth-order valence-electron chi connectivity index (χ4n) is 1.68. The van der Waals surface area contributed by atoms with Crippen molar-refractivity contribution in [1.29, 1.82) is 0 Å². The molecule has 3 N–H and O–H groups in total. The van der Waals surface area contributed by atoms with Crippen LogP contribution in [0.15, 0.2) is 12.1 Å². The van der Waals surface area contributed by atoms with Gasteiger partial charge in [-0.2, -0.15) is 0 Å². The molecule has 0 saturated heterocycles. The predicted molar refractivity (Wildman–Crippen MR) is 69.6 cm³/mol. The van der Waals surface area contributed by atoms with Crippen molar-refractivity contribution in [3.05, 3.63) is 21.9 Å². The summed E-state index contributed by atoms with van der Waals surface area (Å²) in [7, 11) is 1.73. The highest BCUT2D eigenvalue weighted by Crippen LogP contribution is 2.19. The Bertz CT molecular complexity index is 288. The molecule has 0 radical (unpaired) electrons. The van der Waals surface area contributed by atoms with Gasteiger partial charge in [-0.05, 0) is 37.8 Å². The van der Waals surface area contributed by atoms with E-state index in [2.05, 4.69) is 24.5 Å². The van der Waals surface area contributed by atoms with Crippen LogP contribution >= 0.6 is 11.3 Å². The molecule has 1 unspecified atom stereocenters. The lowest BCUT2D eigenvalue weighted by Crippen LogP contribution is -2.36. The summed E-state index contributed by atoms with van der Waals surface area (Å²) in [5, 5.41) is 0. The summed E-state index contributed by atoms with van der Waals surface area (Å²) < 4.78 is 5.04. The van der Waals surface area contributed by atoms with Gasteiger partial charge in [-0.15, -0.1) is 11.3 Å². The average Bonchev–Trinajstić information content (AvgIpc) is 2.75. The molecule has 16 heavy (non-hydrogen) atoms. The smallest absolute Gasteiger partial charge is 0.0462 e. The Kier molecular flexibility index (Phi) is 6.64. The Balaban J connectivity index is 2.36. The zero-order chi connectivity index (χ0) is 11.8. The molecule has 4 heteroatoms. The summed E-state index contributed by atoms with van der Waals surface area (Å²) in [5.74, 6) is 5.56. The molecule has 0 aliphatic heterocycles. The minimum absolute atomic E-state index is 0.360. The normalized spacial score (nSPS) is 12.9. The van der Waals surface area contributed by atoms with Crippen LogP contribution in [0.25, 0.3) is 0 Å². The number of aryl methyl sites for hydroxylation is 1. The van der Waals surface area contributed by atoms with Crippen molar-refractivity contribution >= 4 is 11.3 Å². The largest absolute Gasteiger partial charge is 0.385 e. The standard InChI is InChI=1S/C12H22N2OS/c1-3-11-6-7-12(16-11)9-10(14-13)5-4-8-15-2/h6-7,10,14H,3-5,8-9,13H2,1-2H3. The topological polar surface area (TPSA) is 47.3 Å². The summed E-state index contributed by atoms with van der Waals surface area (Å²) in [6.45, 7) is 3.00. The lowest BCUT2D eigenvalue weighted by Gasteiger charge is -2.14. The number of rotatable bonds is 8. The van der Waals surface area contributed by atoms with E-state index in [0.717, 1.165) is 32.3 Å². The van der Waals surface area contributed by atoms with Crippen molar-refractivity contribution in [3.63, 3.8) is 0 Å². The maximum atomic E-state index is 5.56. The van der Waals surface area contributed by atoms with Gasteiger partial charge in [-0.25, -0.2) is 0 Å². The Hall–Kier alpha value is -0.420. The van der Waals surface area contributed by atoms with Crippen LogP contribution in [0.1, 0.15) is 29.5 Å². The van der Waals surface area contributed by atoms with E-state index in [9.17, 15) is 0 Å². The molecule has 0 aliphatic rings. The quantitative estimate of drug-likeness (QED) is 0.417. The zero-order valence-electron chi connectivity index (χ0n) is 10.2. The first-order valence-corrected chi connectivity index (χ1v) is 6.64. The molecule has 1 aromatic heterocycles. The van der Waals surface area contributed by atoms with E-state index in [0.29, 0.717) is 6.04 Å². The highest BCUT2D eigenvalue weighted by Gasteiger charge is 2.09. The van der Waals surface area contributed by atoms with Crippen molar-refractivity contribution in [2.75, 3.05) is 13.7 Å². The summed E-state index contributed by atoms with van der Waals surface area (Å²) in [4.78, 5) is 2.86. The van der Waals surface area contributed by atoms with E-state index in [1.165, 1.54) is 9.75 Å². The Morgan fingerprint density at radius 3 is 2.75 bits per heavy atom. The highest BCUT2D eigenvalue weighted by molar-refractivity contribution is 7.11. The van der Waals surface area contributed by atoms with Gasteiger partial charge < -0.3 is 4.74 Å². The monoisotopic (exact) mass is 242 g/mol. The van der Waals surface area contributed by atoms with Crippen LogP contribution < -0.4 is 11.3 Å². The number of methoxy groups -OCH3 is 1. The number of hydrazine groups is 1. The highest BCUT2D eigenvalue weighted by atomic mass is 32.1. The minimum atomic E-state index is 0.360. The van der Waals surface area contributed by atoms with Gasteiger partial charge in [0, 0.05) is 29.5 Å². The molecule has 3 nitrogen and oxygen atoms in total. The molecule has 0 fully saturated rings. The molecule has 1 heterocycles. The van der Waals surface area contributed by atoms with E-state index in [4.69, 9.17) is 10.6 Å². The summed E-state index contributed by atoms with van der Waals surface area (Å²) in [6, 6.07) is 4.78. The van der Waals surface area contributed by atoms with Gasteiger partial charge in [0.1, 0.15) is 0 Å². The maximum Gasteiger partial charge on any atom is 0.0462 e. The molecule has 0 saturated carbocycles. The van der Waals surface area contributed by atoms with Crippen molar-refractivity contribution in [1.82, 2.24) is 5.43 Å². The van der Waals surface area contributed by atoms with Crippen molar-refractivity contribution in [3.8, 4) is 0 Å². The van der Waals surface area contributed by atoms with Crippen molar-refractivity contribution in [2.24, 2.45) is 5.84 Å². The number of hydrogen-bond acceptors (Lipinski definition) is 4. The molecule has 1 rings (SSSR count). The van der Waals surface area contributed by atoms with Crippen LogP contribution in [0.2, 0.25) is 0 Å². The number of hydrogen-bond donors (Lipinski definition) is 2. The molecular weight excluding hydrogens is 220 g/mol. The first-order chi connectivity index (χ1) is 7.80. The third-order valence-electron chi connectivity index (χ3n) is 2.65. The van der Waals surface area contributed by atoms with Crippen LogP contribution in [0.4, 0.5) is 0 Å². The Morgan fingerprint density at radius 1 is 1.44 bits per heavy atom. The molecule has 0 aliphatic carbocycles. The third-order valence-corrected chi connectivity index (χ3v) is 3.90. The first-order valence-electron chi connectivity index (χ1n) is 5.82. The fraction of sp³-hybridized carbons (Fsp3) is 0.667. The third kappa shape index (κ3) is 4.61. The molecule has 1 aromatic rings. The number of nitrogens with one attached hydrogen (secondary N) is 1. The summed E-state index contributed by atoms with van der Waals surface area (Å²) >= 11 is 1.89. The Labute approximate surface area is 102 Å². The zero-order valence-corrected chi connectivity index (χ0v) is 11.0. The van der Waals surface area contributed by atoms with Crippen LogP contribution in [-0.2, 0) is 17.6 Å². The van der Waals surface area contributed by atoms with Gasteiger partial charge in [0.25, 0.3) is 0 Å². The van der Waals surface area contributed by atoms with Gasteiger partial charge in [0.05, 0.1) is 0 Å². The van der Waals surface area contributed by atoms with Gasteiger partial charge in [-0.1, -0.05) is 6.92 Å². The Morgan fingerprint density at radius 2 is 2.19 bits per heavy atom. The second kappa shape index (κ2) is 7.79. The second-order valence-corrected chi connectivity index (χ2v) is 5.18. The molecular formula is C12H22N2OS. The van der Waals surface area contributed by atoms with E-state index in [1.54, 1.807) is 7.11 Å². The van der Waals surface area contributed by atoms with E-state index in [-0.39, 0.29) is 0 Å². The van der Waals surface area contributed by atoms with Gasteiger partial charge >= 0.3 is 0 Å². The maximum absolute atomic E-state index is 5.56. The molecule has 1 atom stereocenters. The predicted octanol–water partition coefficient (Wildman–Crippen LogP) is 2.11. The van der Waals surface area contributed by atoms with Gasteiger partial charge in [-0.3, -0.25) is 11.3 Å². The molecule has 0 aromatic carbocycles. The molecule has 0 amide bonds. The molecule has 0 spiro atoms. The molecule has 0 bridgehead atoms. The minimum Gasteiger partial charge on any atom is -0.385 e. The lowest BCUT2D eigenvalue weighted by molar-refractivity contribution is 0.188. The number of thiophene rings is 1. The van der Waals surface area contributed by atoms with Gasteiger partial charge in [0.2, 0.25) is 0 Å². The lowest BCUT2D eigenvalue weighted by atomic mass is 10.1. The van der Waals surface area contributed by atoms with Gasteiger partial charge in [0.15, 0.2) is 0 Å². The van der Waals surface area contributed by atoms with Crippen LogP contribution in [0, 0.1) is 0 Å². The van der Waals surface area contributed by atoms with Crippen LogP contribution in [0.3, 0.4) is 0 Å². The van der Waals surface area contributed by atoms with Crippen molar-refractivity contribution < 1.29 is 4.74 Å². The number of ether oxygens (including phenoxy) is 1. The van der Waals surface area contributed by atoms with Crippen molar-refractivity contribution in [2.45, 2.75) is 38.6 Å². The van der Waals surface area contributed by atoms with E-state index < -0.39 is 0 Å². The number of nitrogens with two attached hydrogens (primary N) is 1. The fourth-order valence-corrected chi connectivity index (χ4v) is 2.72. The molecule has 92 valence electrons. The SMILES string of the molecule is CCc1ccc(CC(CCCOC)NN)s1. The first kappa shape index (κ1) is 13.6. The summed E-state index contributed by atoms with van der Waals surface area (Å²) in [5.41, 5.74) is 2.89. The summed E-state index contributed by atoms with van der Waals surface area (Å²) in [6.07, 6.45) is 4.25. The van der Waals surface area contributed by atoms with E-state index >= 15 is 0 Å². The van der Waals surface area contributed by atoms with Crippen LogP contribution in [0.5, 0.6) is 0 Å².